The van der Waals surface area contributed by atoms with E-state index in [2.05, 4.69) is 46.1 Å². The van der Waals surface area contributed by atoms with Crippen LogP contribution in [0.3, 0.4) is 0 Å². The second-order valence-electron chi connectivity index (χ2n) is 16.2. The molecule has 0 spiro atoms. The van der Waals surface area contributed by atoms with Gasteiger partial charge < -0.3 is 35.6 Å². The van der Waals surface area contributed by atoms with E-state index in [9.17, 15) is 4.79 Å². The van der Waals surface area contributed by atoms with Gasteiger partial charge in [0.1, 0.15) is 6.61 Å². The summed E-state index contributed by atoms with van der Waals surface area (Å²) in [7, 11) is 3.78. The quantitative estimate of drug-likeness (QED) is 0.0808. The van der Waals surface area contributed by atoms with Crippen molar-refractivity contribution in [1.82, 2.24) is 72.7 Å². The summed E-state index contributed by atoms with van der Waals surface area (Å²) < 4.78 is 16.8. The molecule has 0 saturated carbocycles. The molecule has 11 rings (SSSR count). The molecule has 1 amide bonds. The molecular weight excluding hydrogens is 885 g/mol. The van der Waals surface area contributed by atoms with Crippen molar-refractivity contribution in [3.63, 3.8) is 0 Å². The largest absolute Gasteiger partial charge is 0.445 e. The van der Waals surface area contributed by atoms with E-state index in [4.69, 9.17) is 20.4 Å². The lowest BCUT2D eigenvalue weighted by atomic mass is 10.2. The summed E-state index contributed by atoms with van der Waals surface area (Å²) in [5.74, 6) is 1.29. The number of aryl methyl sites for hydroxylation is 2. The van der Waals surface area contributed by atoms with Crippen LogP contribution in [-0.2, 0) is 38.3 Å². The Morgan fingerprint density at radius 2 is 1.14 bits per heavy atom. The molecule has 5 N–H and O–H groups in total. The van der Waals surface area contributed by atoms with Gasteiger partial charge in [0.05, 0.1) is 60.2 Å². The molecule has 0 radical (unpaired) electrons. The van der Waals surface area contributed by atoms with Gasteiger partial charge in [-0.3, -0.25) is 18.2 Å². The monoisotopic (exact) mass is 932 g/mol. The van der Waals surface area contributed by atoms with Gasteiger partial charge in [-0.1, -0.05) is 30.3 Å². The number of alkyl carbamates (subject to hydrolysis) is 1. The van der Waals surface area contributed by atoms with Gasteiger partial charge in [0.25, 0.3) is 0 Å². The fourth-order valence-electron chi connectivity index (χ4n) is 7.76. The fraction of sp³-hybridized carbons (Fsp3) is 0.140. The molecular formula is C50H48N18O2. The van der Waals surface area contributed by atoms with Gasteiger partial charge in [-0.2, -0.15) is 10.2 Å². The van der Waals surface area contributed by atoms with Crippen LogP contribution in [0.2, 0.25) is 0 Å². The third-order valence-electron chi connectivity index (χ3n) is 11.2. The first-order valence-electron chi connectivity index (χ1n) is 22.4. The lowest BCUT2D eigenvalue weighted by Crippen LogP contribution is -2.26. The van der Waals surface area contributed by atoms with Crippen LogP contribution in [-0.4, -0.2) is 86.6 Å². The lowest BCUT2D eigenvalue weighted by molar-refractivity contribution is 0.140. The first-order valence-corrected chi connectivity index (χ1v) is 22.4. The molecule has 0 unspecified atom stereocenters. The van der Waals surface area contributed by atoms with Crippen molar-refractivity contribution < 1.29 is 9.53 Å². The summed E-state index contributed by atoms with van der Waals surface area (Å²) in [4.78, 5) is 39.3. The highest BCUT2D eigenvalue weighted by molar-refractivity contribution is 5.76. The number of nitrogens with two attached hydrogens (primary N) is 1. The zero-order chi connectivity index (χ0) is 47.8. The number of anilines is 4. The molecule has 8 heterocycles. The van der Waals surface area contributed by atoms with Gasteiger partial charge in [-0.15, -0.1) is 0 Å². The number of nitrogens with one attached hydrogen (secondary N) is 3. The van der Waals surface area contributed by atoms with E-state index >= 15 is 0 Å². The molecule has 3 aromatic carbocycles. The van der Waals surface area contributed by atoms with Gasteiger partial charge in [-0.25, -0.2) is 34.7 Å². The maximum absolute atomic E-state index is 12.2. The minimum atomic E-state index is -0.472. The molecule has 0 fully saturated rings. The van der Waals surface area contributed by atoms with E-state index in [-0.39, 0.29) is 6.61 Å². The Morgan fingerprint density at radius 1 is 0.629 bits per heavy atom. The summed E-state index contributed by atoms with van der Waals surface area (Å²) in [5, 5.41) is 18.2. The van der Waals surface area contributed by atoms with Crippen molar-refractivity contribution in [3.05, 3.63) is 183 Å². The van der Waals surface area contributed by atoms with Crippen molar-refractivity contribution in [2.45, 2.75) is 19.4 Å². The zero-order valence-corrected chi connectivity index (χ0v) is 38.3. The normalized spacial score (nSPS) is 11.1. The predicted octanol–water partition coefficient (Wildman–Crippen LogP) is 7.09. The van der Waals surface area contributed by atoms with Crippen LogP contribution in [0, 0.1) is 0 Å². The highest BCUT2D eigenvalue weighted by Crippen LogP contribution is 2.28. The van der Waals surface area contributed by atoms with Gasteiger partial charge in [0.2, 0.25) is 0 Å². The first kappa shape index (κ1) is 44.4. The number of carbonyl (C=O) groups excluding carboxylic acids is 1. The van der Waals surface area contributed by atoms with Gasteiger partial charge in [0, 0.05) is 117 Å². The highest BCUT2D eigenvalue weighted by Gasteiger charge is 2.17. The Morgan fingerprint density at radius 3 is 1.60 bits per heavy atom. The lowest BCUT2D eigenvalue weighted by Gasteiger charge is -2.12. The summed E-state index contributed by atoms with van der Waals surface area (Å²) in [6.45, 7) is 1.10. The van der Waals surface area contributed by atoms with Crippen LogP contribution < -0.4 is 21.7 Å². The number of nitrogens with zero attached hydrogens (tertiary/aromatic N) is 14. The van der Waals surface area contributed by atoms with E-state index < -0.39 is 6.09 Å². The van der Waals surface area contributed by atoms with Crippen LogP contribution in [0.5, 0.6) is 0 Å². The van der Waals surface area contributed by atoms with Gasteiger partial charge in [-0.05, 0) is 60.6 Å². The number of hydrogen-bond donors (Lipinski definition) is 4. The maximum atomic E-state index is 12.2. The number of rotatable bonds is 15. The Bertz CT molecular complexity index is 3460. The second kappa shape index (κ2) is 20.2. The van der Waals surface area contributed by atoms with Crippen molar-refractivity contribution in [3.8, 4) is 33.9 Å². The Labute approximate surface area is 401 Å². The van der Waals surface area contributed by atoms with E-state index in [1.807, 2.05) is 167 Å². The van der Waals surface area contributed by atoms with Gasteiger partial charge in [0.15, 0.2) is 22.9 Å². The van der Waals surface area contributed by atoms with E-state index in [1.165, 1.54) is 0 Å². The SMILES string of the molecule is Cn1cc(-c2cnc3c(Nc4ccc(-n5ccnc5)cc4)nc(CCN)cn23)cn1.Cn1cc(-c2cnc3c(Nc4ccc(-n5ccnc5)cc4)nc(CCNC(=O)OCc4ccccc4)cn23)cn1. The number of carbonyl (C=O) groups is 1. The van der Waals surface area contributed by atoms with Crippen LogP contribution in [0.15, 0.2) is 166 Å². The molecule has 8 aromatic heterocycles. The highest BCUT2D eigenvalue weighted by atomic mass is 16.5. The predicted molar refractivity (Wildman–Crippen MR) is 265 cm³/mol. The second-order valence-corrected chi connectivity index (χ2v) is 16.2. The van der Waals surface area contributed by atoms with E-state index in [0.29, 0.717) is 43.2 Å². The van der Waals surface area contributed by atoms with Crippen molar-refractivity contribution in [2.75, 3.05) is 23.7 Å². The third kappa shape index (κ3) is 10.1. The minimum absolute atomic E-state index is 0.216. The molecule has 70 heavy (non-hydrogen) atoms. The number of imidazole rings is 4. The average Bonchev–Trinajstić information content (AvgIpc) is 4.25. The topological polar surface area (TPSA) is 220 Å². The minimum Gasteiger partial charge on any atom is -0.445 e. The number of aromatic nitrogens is 14. The molecule has 350 valence electrons. The summed E-state index contributed by atoms with van der Waals surface area (Å²) >= 11 is 0. The molecule has 20 heteroatoms. The standard InChI is InChI=1S/C29H27N9O2.C21H21N9/c1-36-17-22(15-33-36)26-16-32-28-27(34-23-7-9-25(10-8-23)37-14-13-30-20-37)35-24(18-38(26)28)11-12-31-29(39)40-19-21-5-3-2-4-6-21;1-28-12-15(10-25-28)19-11-24-21-20(27-17(6-7-22)13-30(19)21)26-16-2-4-18(5-3-16)29-9-8-23-14-29/h2-10,13-18,20H,11-12,19H2,1H3,(H,31,39)(H,34,35);2-5,8-14H,6-7,22H2,1H3,(H,26,27). The van der Waals surface area contributed by atoms with E-state index in [0.717, 1.165) is 67.9 Å². The van der Waals surface area contributed by atoms with E-state index in [1.54, 1.807) is 40.6 Å². The number of hydrogen-bond acceptors (Lipinski definition) is 13. The summed E-state index contributed by atoms with van der Waals surface area (Å²) in [5.41, 5.74) is 17.4. The zero-order valence-electron chi connectivity index (χ0n) is 38.3. The number of fused-ring (bicyclic) bond motifs is 2. The van der Waals surface area contributed by atoms with Crippen molar-refractivity contribution >= 4 is 40.4 Å². The van der Waals surface area contributed by atoms with Gasteiger partial charge >= 0.3 is 6.09 Å². The molecule has 0 atom stereocenters. The summed E-state index contributed by atoms with van der Waals surface area (Å²) in [6.07, 6.45) is 26.7. The van der Waals surface area contributed by atoms with Crippen LogP contribution in [0.25, 0.3) is 45.2 Å². The Hall–Kier alpha value is -9.43. The van der Waals surface area contributed by atoms with Crippen molar-refractivity contribution in [1.29, 1.82) is 0 Å². The van der Waals surface area contributed by atoms with Crippen LogP contribution in [0.1, 0.15) is 17.0 Å². The molecule has 0 aliphatic carbocycles. The van der Waals surface area contributed by atoms with Crippen molar-refractivity contribution in [2.24, 2.45) is 19.8 Å². The third-order valence-corrected chi connectivity index (χ3v) is 11.2. The first-order chi connectivity index (χ1) is 34.3. The number of ether oxygens (including phenoxy) is 1. The molecule has 20 nitrogen and oxygen atoms in total. The molecule has 0 bridgehead atoms. The van der Waals surface area contributed by atoms with Crippen LogP contribution >= 0.6 is 0 Å². The smallest absolute Gasteiger partial charge is 0.407 e. The number of benzene rings is 3. The summed E-state index contributed by atoms with van der Waals surface area (Å²) in [6, 6.07) is 25.6. The van der Waals surface area contributed by atoms with Crippen LogP contribution in [0.4, 0.5) is 27.8 Å². The molecule has 0 aliphatic rings. The Balaban J connectivity index is 0.000000169. The maximum Gasteiger partial charge on any atom is 0.407 e. The Kier molecular flexibility index (Phi) is 12.8. The number of amides is 1. The molecule has 0 aliphatic heterocycles. The molecule has 11 aromatic rings. The fourth-order valence-corrected chi connectivity index (χ4v) is 7.76. The average molecular weight is 933 g/mol. The molecule has 0 saturated heterocycles.